The summed E-state index contributed by atoms with van der Waals surface area (Å²) in [6.07, 6.45) is 3.46. The molecule has 0 amide bonds. The molecule has 0 saturated carbocycles. The van der Waals surface area contributed by atoms with Crippen LogP contribution in [0.4, 0.5) is 4.39 Å². The van der Waals surface area contributed by atoms with Crippen LogP contribution in [-0.4, -0.2) is 37.4 Å². The van der Waals surface area contributed by atoms with Gasteiger partial charge in [-0.2, -0.15) is 5.10 Å². The number of ether oxygens (including phenoxy) is 1. The number of carbonyl (C=O) groups is 1. The Morgan fingerprint density at radius 3 is 2.97 bits per heavy atom. The molecule has 170 valence electrons. The van der Waals surface area contributed by atoms with Crippen LogP contribution in [0.2, 0.25) is 5.02 Å². The summed E-state index contributed by atoms with van der Waals surface area (Å²) in [5, 5.41) is 18.7. The first-order valence-corrected chi connectivity index (χ1v) is 10.8. The molecule has 0 spiro atoms. The molecule has 0 bridgehead atoms. The van der Waals surface area contributed by atoms with E-state index in [9.17, 15) is 14.7 Å². The van der Waals surface area contributed by atoms with Crippen molar-refractivity contribution in [1.82, 2.24) is 19.7 Å². The van der Waals surface area contributed by atoms with Gasteiger partial charge in [0.15, 0.2) is 0 Å². The van der Waals surface area contributed by atoms with Gasteiger partial charge in [0.2, 0.25) is 0 Å². The average Bonchev–Trinajstić information content (AvgIpc) is 3.52. The third kappa shape index (κ3) is 2.94. The van der Waals surface area contributed by atoms with Gasteiger partial charge in [0.1, 0.15) is 17.3 Å². The summed E-state index contributed by atoms with van der Waals surface area (Å²) >= 11 is 6.50. The number of rotatable bonds is 4. The number of aromatic amines is 2. The van der Waals surface area contributed by atoms with Crippen molar-refractivity contribution >= 4 is 39.4 Å². The first kappa shape index (κ1) is 20.5. The number of nitrogens with one attached hydrogen (secondary N) is 2. The second-order valence-electron chi connectivity index (χ2n) is 8.09. The summed E-state index contributed by atoms with van der Waals surface area (Å²) in [4.78, 5) is 27.9. The van der Waals surface area contributed by atoms with Crippen molar-refractivity contribution < 1.29 is 19.0 Å². The van der Waals surface area contributed by atoms with E-state index in [-0.39, 0.29) is 35.7 Å². The summed E-state index contributed by atoms with van der Waals surface area (Å²) in [5.41, 5.74) is 1.75. The fraction of sp³-hybridized carbons (Fsp3) is 0.125. The molecule has 0 unspecified atom stereocenters. The van der Waals surface area contributed by atoms with Gasteiger partial charge < -0.3 is 19.4 Å². The third-order valence-electron chi connectivity index (χ3n) is 6.18. The molecule has 1 aliphatic rings. The summed E-state index contributed by atoms with van der Waals surface area (Å²) in [5.74, 6) is -1.48. The molecule has 0 radical (unpaired) electrons. The molecule has 1 aliphatic heterocycles. The van der Waals surface area contributed by atoms with Gasteiger partial charge in [-0.05, 0) is 35.9 Å². The van der Waals surface area contributed by atoms with Crippen molar-refractivity contribution in [3.63, 3.8) is 0 Å². The van der Waals surface area contributed by atoms with Crippen LogP contribution >= 0.6 is 11.6 Å². The minimum absolute atomic E-state index is 0.0288. The van der Waals surface area contributed by atoms with Crippen molar-refractivity contribution in [1.29, 1.82) is 0 Å². The Labute approximate surface area is 195 Å². The molecular weight excluding hydrogens is 463 g/mol. The van der Waals surface area contributed by atoms with E-state index in [1.54, 1.807) is 30.5 Å². The topological polar surface area (TPSA) is 113 Å². The number of hydrogen-bond acceptors (Lipinski definition) is 4. The summed E-state index contributed by atoms with van der Waals surface area (Å²) in [6, 6.07) is 7.96. The molecule has 34 heavy (non-hydrogen) atoms. The maximum absolute atomic E-state index is 15.1. The zero-order chi connectivity index (χ0) is 23.6. The SMILES string of the molecule is O=C(O)c1c(-c2ccc[nH]c2=O)c2c3c(c(F)cc2n1Cc1cc2cn[nH]c2cc1Cl)CCO3. The van der Waals surface area contributed by atoms with Crippen LogP contribution < -0.4 is 10.3 Å². The number of halogens is 2. The third-order valence-corrected chi connectivity index (χ3v) is 6.53. The quantitative estimate of drug-likeness (QED) is 0.355. The summed E-state index contributed by atoms with van der Waals surface area (Å²) in [6.45, 7) is 0.299. The number of pyridine rings is 1. The van der Waals surface area contributed by atoms with E-state index in [1.165, 1.54) is 16.8 Å². The molecular formula is C24H16ClFN4O4. The number of hydrogen-bond donors (Lipinski definition) is 3. The molecule has 5 aromatic rings. The summed E-state index contributed by atoms with van der Waals surface area (Å²) < 4.78 is 22.3. The Hall–Kier alpha value is -4.11. The van der Waals surface area contributed by atoms with Gasteiger partial charge >= 0.3 is 5.97 Å². The number of nitrogens with zero attached hydrogens (tertiary/aromatic N) is 2. The number of H-pyrrole nitrogens is 2. The lowest BCUT2D eigenvalue weighted by molar-refractivity contribution is 0.0687. The second-order valence-corrected chi connectivity index (χ2v) is 8.49. The van der Waals surface area contributed by atoms with E-state index >= 15 is 4.39 Å². The van der Waals surface area contributed by atoms with Crippen LogP contribution in [0.1, 0.15) is 21.6 Å². The van der Waals surface area contributed by atoms with E-state index < -0.39 is 17.3 Å². The van der Waals surface area contributed by atoms with E-state index in [0.717, 1.165) is 10.9 Å². The van der Waals surface area contributed by atoms with Crippen LogP contribution in [-0.2, 0) is 13.0 Å². The van der Waals surface area contributed by atoms with Crippen molar-refractivity contribution in [2.24, 2.45) is 0 Å². The number of carboxylic acids is 1. The van der Waals surface area contributed by atoms with Gasteiger partial charge in [-0.15, -0.1) is 0 Å². The number of fused-ring (bicyclic) bond motifs is 4. The Morgan fingerprint density at radius 1 is 1.32 bits per heavy atom. The zero-order valence-corrected chi connectivity index (χ0v) is 18.2. The molecule has 4 heterocycles. The Bertz CT molecular complexity index is 1700. The molecule has 3 N–H and O–H groups in total. The predicted molar refractivity (Wildman–Crippen MR) is 124 cm³/mol. The highest BCUT2D eigenvalue weighted by Gasteiger charge is 2.32. The fourth-order valence-electron chi connectivity index (χ4n) is 4.70. The summed E-state index contributed by atoms with van der Waals surface area (Å²) in [7, 11) is 0. The molecule has 0 atom stereocenters. The number of aromatic nitrogens is 4. The average molecular weight is 479 g/mol. The lowest BCUT2D eigenvalue weighted by Gasteiger charge is -2.11. The highest BCUT2D eigenvalue weighted by atomic mass is 35.5. The Morgan fingerprint density at radius 2 is 2.18 bits per heavy atom. The van der Waals surface area contributed by atoms with Crippen LogP contribution in [0.25, 0.3) is 32.9 Å². The highest BCUT2D eigenvalue weighted by molar-refractivity contribution is 6.32. The lowest BCUT2D eigenvalue weighted by atomic mass is 10.00. The van der Waals surface area contributed by atoms with Crippen LogP contribution in [0.15, 0.2) is 47.5 Å². The normalized spacial score (nSPS) is 12.9. The van der Waals surface area contributed by atoms with Gasteiger partial charge in [0.25, 0.3) is 5.56 Å². The second kappa shape index (κ2) is 7.46. The molecule has 8 nitrogen and oxygen atoms in total. The minimum atomic E-state index is -1.26. The first-order chi connectivity index (χ1) is 16.4. The number of carboxylic acid groups (broad SMARTS) is 1. The maximum Gasteiger partial charge on any atom is 0.353 e. The smallest absolute Gasteiger partial charge is 0.353 e. The van der Waals surface area contributed by atoms with Gasteiger partial charge in [0.05, 0.1) is 34.8 Å². The van der Waals surface area contributed by atoms with E-state index in [4.69, 9.17) is 16.3 Å². The van der Waals surface area contributed by atoms with Gasteiger partial charge in [-0.3, -0.25) is 9.89 Å². The number of aromatic carboxylic acids is 1. The van der Waals surface area contributed by atoms with Crippen molar-refractivity contribution in [2.75, 3.05) is 6.61 Å². The first-order valence-electron chi connectivity index (χ1n) is 10.5. The lowest BCUT2D eigenvalue weighted by Crippen LogP contribution is -2.13. The molecule has 6 rings (SSSR count). The standard InChI is InChI=1S/C24H16ClFN4O4/c25-15-7-17-11(9-28-29-17)6-12(15)10-30-18-8-16(26)13-3-5-34-22(13)20(18)19(21(30)24(32)33)14-2-1-4-27-23(14)31/h1-2,4,6-9H,3,5,10H2,(H,27,31)(H,28,29)(H,32,33). The zero-order valence-electron chi connectivity index (χ0n) is 17.5. The molecule has 0 fully saturated rings. The van der Waals surface area contributed by atoms with Crippen molar-refractivity contribution in [2.45, 2.75) is 13.0 Å². The van der Waals surface area contributed by atoms with Gasteiger partial charge in [0, 0.05) is 40.7 Å². The van der Waals surface area contributed by atoms with Crippen molar-refractivity contribution in [3.05, 3.63) is 80.7 Å². The molecule has 2 aromatic carbocycles. The van der Waals surface area contributed by atoms with E-state index in [2.05, 4.69) is 15.2 Å². The number of benzene rings is 2. The van der Waals surface area contributed by atoms with Crippen molar-refractivity contribution in [3.8, 4) is 16.9 Å². The fourth-order valence-corrected chi connectivity index (χ4v) is 4.93. The maximum atomic E-state index is 15.1. The Balaban J connectivity index is 1.72. The molecule has 10 heteroatoms. The largest absolute Gasteiger partial charge is 0.492 e. The Kier molecular flexibility index (Phi) is 4.50. The van der Waals surface area contributed by atoms with Crippen LogP contribution in [0.5, 0.6) is 5.75 Å². The van der Waals surface area contributed by atoms with E-state index in [1.807, 2.05) is 0 Å². The minimum Gasteiger partial charge on any atom is -0.492 e. The van der Waals surface area contributed by atoms with E-state index in [0.29, 0.717) is 33.5 Å². The molecule has 0 aliphatic carbocycles. The molecule has 0 saturated heterocycles. The van der Waals surface area contributed by atoms with Gasteiger partial charge in [-0.1, -0.05) is 11.6 Å². The highest BCUT2D eigenvalue weighted by Crippen LogP contribution is 2.44. The van der Waals surface area contributed by atoms with Gasteiger partial charge in [-0.25, -0.2) is 9.18 Å². The predicted octanol–water partition coefficient (Wildman–Crippen LogP) is 4.35. The van der Waals surface area contributed by atoms with Crippen LogP contribution in [0, 0.1) is 5.82 Å². The molecule has 3 aromatic heterocycles. The van der Waals surface area contributed by atoms with Crippen LogP contribution in [0.3, 0.4) is 0 Å². The monoisotopic (exact) mass is 478 g/mol.